The van der Waals surface area contributed by atoms with Gasteiger partial charge in [-0.25, -0.2) is 0 Å². The molecular weight excluding hydrogens is 821 g/mol. The Morgan fingerprint density at radius 1 is 0.191 bits per heavy atom. The van der Waals surface area contributed by atoms with Crippen LogP contribution in [0.5, 0.6) is 0 Å². The van der Waals surface area contributed by atoms with E-state index in [1.165, 1.54) is 132 Å². The molecule has 0 saturated heterocycles. The standard InChI is InChI=1S/C66H42N2/c1-3-21-49(22-4-1)67-61-33-11-9-26-54(61)59-41-45(35-37-63(59)67)43-17-13-19-47(39-43)51-29-15-31-57-53-25-7-8-28-56(53)65-52(30-16-32-58(65)66(51)57)48-20-14-18-44(40-48)46-36-38-64-60(42-46)55-27-10-12-34-62(55)68(64)50-23-5-2-6-24-50/h1-42H. The minimum absolute atomic E-state index is 1.17. The van der Waals surface area contributed by atoms with Crippen molar-refractivity contribution in [3.05, 3.63) is 255 Å². The Hall–Kier alpha value is -8.98. The highest BCUT2D eigenvalue weighted by atomic mass is 15.0. The summed E-state index contributed by atoms with van der Waals surface area (Å²) in [6.07, 6.45) is 0. The van der Waals surface area contributed by atoms with E-state index < -0.39 is 0 Å². The van der Waals surface area contributed by atoms with E-state index in [0.29, 0.717) is 0 Å². The Bertz CT molecular complexity index is 4060. The lowest BCUT2D eigenvalue weighted by Gasteiger charge is -2.18. The fourth-order valence-electron chi connectivity index (χ4n) is 11.3. The summed E-state index contributed by atoms with van der Waals surface area (Å²) in [5, 5.41) is 12.6. The molecule has 0 atom stereocenters. The predicted octanol–water partition coefficient (Wildman–Crippen LogP) is 18.0. The van der Waals surface area contributed by atoms with Crippen molar-refractivity contribution in [1.82, 2.24) is 9.13 Å². The Labute approximate surface area is 393 Å². The van der Waals surface area contributed by atoms with Crippen LogP contribution in [0.2, 0.25) is 0 Å². The van der Waals surface area contributed by atoms with Gasteiger partial charge in [-0.1, -0.05) is 182 Å². The van der Waals surface area contributed by atoms with Gasteiger partial charge in [0.25, 0.3) is 0 Å². The highest BCUT2D eigenvalue weighted by Gasteiger charge is 2.19. The molecule has 0 radical (unpaired) electrons. The number of para-hydroxylation sites is 4. The van der Waals surface area contributed by atoms with Crippen molar-refractivity contribution < 1.29 is 0 Å². The molecule has 0 bridgehead atoms. The van der Waals surface area contributed by atoms with Crippen molar-refractivity contribution in [2.24, 2.45) is 0 Å². The lowest BCUT2D eigenvalue weighted by atomic mass is 9.86. The summed E-state index contributed by atoms with van der Waals surface area (Å²) in [4.78, 5) is 0. The minimum Gasteiger partial charge on any atom is -0.309 e. The maximum Gasteiger partial charge on any atom is 0.0541 e. The Kier molecular flexibility index (Phi) is 8.62. The Morgan fingerprint density at radius 2 is 0.544 bits per heavy atom. The molecule has 0 aliphatic heterocycles. The van der Waals surface area contributed by atoms with Crippen LogP contribution in [0.15, 0.2) is 255 Å². The molecule has 0 unspecified atom stereocenters. The zero-order valence-corrected chi connectivity index (χ0v) is 37.1. The second-order valence-electron chi connectivity index (χ2n) is 18.0. The quantitative estimate of drug-likeness (QED) is 0.147. The van der Waals surface area contributed by atoms with E-state index in [0.717, 1.165) is 0 Å². The average Bonchev–Trinajstić information content (AvgIpc) is 3.93. The predicted molar refractivity (Wildman–Crippen MR) is 289 cm³/mol. The number of aromatic nitrogens is 2. The van der Waals surface area contributed by atoms with Crippen LogP contribution in [0.25, 0.3) is 132 Å². The summed E-state index contributed by atoms with van der Waals surface area (Å²) >= 11 is 0. The van der Waals surface area contributed by atoms with Gasteiger partial charge in [-0.05, 0) is 150 Å². The van der Waals surface area contributed by atoms with Gasteiger partial charge in [-0.15, -0.1) is 0 Å². The molecule has 68 heavy (non-hydrogen) atoms. The number of nitrogens with zero attached hydrogens (tertiary/aromatic N) is 2. The van der Waals surface area contributed by atoms with Crippen molar-refractivity contribution in [1.29, 1.82) is 0 Å². The van der Waals surface area contributed by atoms with E-state index in [9.17, 15) is 0 Å². The van der Waals surface area contributed by atoms with Crippen LogP contribution in [-0.2, 0) is 0 Å². The zero-order valence-electron chi connectivity index (χ0n) is 37.1. The first-order chi connectivity index (χ1) is 33.7. The molecule has 0 spiro atoms. The van der Waals surface area contributed by atoms with E-state index in [4.69, 9.17) is 0 Å². The molecule has 2 heteroatoms. The number of hydrogen-bond donors (Lipinski definition) is 0. The third kappa shape index (κ3) is 5.91. The molecule has 0 saturated carbocycles. The van der Waals surface area contributed by atoms with Crippen LogP contribution in [0, 0.1) is 0 Å². The van der Waals surface area contributed by atoms with Crippen molar-refractivity contribution in [2.45, 2.75) is 0 Å². The molecule has 0 amide bonds. The van der Waals surface area contributed by atoms with Gasteiger partial charge >= 0.3 is 0 Å². The molecule has 12 aromatic carbocycles. The molecular formula is C66H42N2. The van der Waals surface area contributed by atoms with Crippen molar-refractivity contribution in [3.8, 4) is 55.9 Å². The fraction of sp³-hybridized carbons (Fsp3) is 0. The highest BCUT2D eigenvalue weighted by Crippen LogP contribution is 2.45. The lowest BCUT2D eigenvalue weighted by molar-refractivity contribution is 1.18. The van der Waals surface area contributed by atoms with Crippen molar-refractivity contribution in [2.75, 3.05) is 0 Å². The number of benzene rings is 12. The van der Waals surface area contributed by atoms with Crippen LogP contribution in [0.1, 0.15) is 0 Å². The first-order valence-electron chi connectivity index (χ1n) is 23.5. The van der Waals surface area contributed by atoms with Crippen molar-refractivity contribution in [3.63, 3.8) is 0 Å². The van der Waals surface area contributed by atoms with E-state index in [1.807, 2.05) is 0 Å². The van der Waals surface area contributed by atoms with Crippen LogP contribution in [0.4, 0.5) is 0 Å². The van der Waals surface area contributed by atoms with Gasteiger partial charge in [0.1, 0.15) is 0 Å². The molecule has 2 heterocycles. The van der Waals surface area contributed by atoms with Gasteiger partial charge in [0.2, 0.25) is 0 Å². The Morgan fingerprint density at radius 3 is 1.04 bits per heavy atom. The monoisotopic (exact) mass is 862 g/mol. The summed E-state index contributed by atoms with van der Waals surface area (Å²) in [6.45, 7) is 0. The molecule has 14 rings (SSSR count). The number of rotatable bonds is 6. The molecule has 0 aliphatic rings. The van der Waals surface area contributed by atoms with Gasteiger partial charge in [0.15, 0.2) is 0 Å². The molecule has 14 aromatic rings. The third-order valence-electron chi connectivity index (χ3n) is 14.3. The van der Waals surface area contributed by atoms with Crippen LogP contribution in [-0.4, -0.2) is 9.13 Å². The lowest BCUT2D eigenvalue weighted by Crippen LogP contribution is -1.93. The zero-order chi connectivity index (χ0) is 44.7. The SMILES string of the molecule is c1ccc(-n2c3ccccc3c3cc(-c4cccc(-c5cccc6c5c5ccccc5c5cccc(-c7cccc(-c8ccc9c(c8)c8ccccc8n9-c8ccccc8)c7)c56)c4)ccc32)cc1. The number of hydrogen-bond acceptors (Lipinski definition) is 0. The molecule has 316 valence electrons. The summed E-state index contributed by atoms with van der Waals surface area (Å²) in [5.41, 5.74) is 16.8. The summed E-state index contributed by atoms with van der Waals surface area (Å²) in [6, 6.07) is 93.8. The smallest absolute Gasteiger partial charge is 0.0541 e. The third-order valence-corrected chi connectivity index (χ3v) is 14.3. The highest BCUT2D eigenvalue weighted by molar-refractivity contribution is 6.31. The second-order valence-corrected chi connectivity index (χ2v) is 18.0. The van der Waals surface area contributed by atoms with Crippen LogP contribution < -0.4 is 0 Å². The van der Waals surface area contributed by atoms with Gasteiger partial charge in [0, 0.05) is 32.9 Å². The van der Waals surface area contributed by atoms with Gasteiger partial charge < -0.3 is 9.13 Å². The maximum atomic E-state index is 2.38. The molecule has 0 N–H and O–H groups in total. The summed E-state index contributed by atoms with van der Waals surface area (Å²) < 4.78 is 4.76. The van der Waals surface area contributed by atoms with Gasteiger partial charge in [-0.2, -0.15) is 0 Å². The van der Waals surface area contributed by atoms with Gasteiger partial charge in [-0.3, -0.25) is 0 Å². The molecule has 0 aliphatic carbocycles. The van der Waals surface area contributed by atoms with Crippen LogP contribution in [0.3, 0.4) is 0 Å². The first-order valence-corrected chi connectivity index (χ1v) is 23.5. The largest absolute Gasteiger partial charge is 0.309 e. The number of fused-ring (bicyclic) bond motifs is 12. The average molecular weight is 863 g/mol. The molecule has 2 aromatic heterocycles. The fourth-order valence-corrected chi connectivity index (χ4v) is 11.3. The maximum absolute atomic E-state index is 2.38. The van der Waals surface area contributed by atoms with E-state index in [-0.39, 0.29) is 0 Å². The van der Waals surface area contributed by atoms with E-state index in [2.05, 4.69) is 264 Å². The van der Waals surface area contributed by atoms with Crippen molar-refractivity contribution >= 4 is 75.9 Å². The van der Waals surface area contributed by atoms with E-state index in [1.54, 1.807) is 0 Å². The normalized spacial score (nSPS) is 11.8. The van der Waals surface area contributed by atoms with E-state index >= 15 is 0 Å². The molecule has 0 fully saturated rings. The topological polar surface area (TPSA) is 9.86 Å². The summed E-state index contributed by atoms with van der Waals surface area (Å²) in [5.74, 6) is 0. The summed E-state index contributed by atoms with van der Waals surface area (Å²) in [7, 11) is 0. The molecule has 2 nitrogen and oxygen atoms in total. The minimum atomic E-state index is 1.17. The first kappa shape index (κ1) is 38.3. The van der Waals surface area contributed by atoms with Gasteiger partial charge in [0.05, 0.1) is 22.1 Å². The Balaban J connectivity index is 0.918. The second kappa shape index (κ2) is 15.3. The van der Waals surface area contributed by atoms with Crippen LogP contribution >= 0.6 is 0 Å².